The molecule has 1 aliphatic rings. The second kappa shape index (κ2) is 6.85. The van der Waals surface area contributed by atoms with Gasteiger partial charge in [-0.1, -0.05) is 12.8 Å². The van der Waals surface area contributed by atoms with E-state index in [-0.39, 0.29) is 0 Å². The first-order valence-electron chi connectivity index (χ1n) is 4.63. The lowest BCUT2D eigenvalue weighted by Gasteiger charge is -1.91. The minimum atomic E-state index is 1.25. The minimum Gasteiger partial charge on any atom is -0.351 e. The Bertz CT molecular complexity index is 123. The van der Waals surface area contributed by atoms with Crippen LogP contribution in [0.15, 0.2) is 18.7 Å². The van der Waals surface area contributed by atoms with E-state index in [1.807, 2.05) is 0 Å². The summed E-state index contributed by atoms with van der Waals surface area (Å²) in [5, 5.41) is 3.35. The van der Waals surface area contributed by atoms with E-state index in [0.29, 0.717) is 0 Å². The zero-order valence-electron chi connectivity index (χ0n) is 7.42. The number of aromatic amines is 1. The van der Waals surface area contributed by atoms with E-state index >= 15 is 0 Å². The molecule has 0 aliphatic carbocycles. The number of H-pyrrole nitrogens is 1. The quantitative estimate of drug-likeness (QED) is 0.615. The molecular weight excluding hydrogens is 150 g/mol. The minimum absolute atomic E-state index is 1.25. The van der Waals surface area contributed by atoms with Crippen LogP contribution in [0.4, 0.5) is 0 Å². The summed E-state index contributed by atoms with van der Waals surface area (Å²) >= 11 is 0. The van der Waals surface area contributed by atoms with E-state index in [9.17, 15) is 0 Å². The fourth-order valence-electron chi connectivity index (χ4n) is 1.19. The van der Waals surface area contributed by atoms with Crippen molar-refractivity contribution >= 4 is 0 Å². The molecule has 1 saturated heterocycles. The second-order valence-corrected chi connectivity index (χ2v) is 2.92. The zero-order valence-corrected chi connectivity index (χ0v) is 7.42. The maximum atomic E-state index is 3.67. The van der Waals surface area contributed by atoms with Crippen LogP contribution < -0.4 is 5.32 Å². The van der Waals surface area contributed by atoms with Gasteiger partial charge in [-0.05, 0) is 25.9 Å². The molecule has 2 N–H and O–H groups in total. The first kappa shape index (κ1) is 9.26. The third-order valence-electron chi connectivity index (χ3n) is 1.86. The van der Waals surface area contributed by atoms with Gasteiger partial charge in [0.05, 0.1) is 6.33 Å². The van der Waals surface area contributed by atoms with Crippen molar-refractivity contribution in [3.63, 3.8) is 0 Å². The van der Waals surface area contributed by atoms with Crippen LogP contribution in [0.3, 0.4) is 0 Å². The van der Waals surface area contributed by atoms with Gasteiger partial charge < -0.3 is 10.3 Å². The van der Waals surface area contributed by atoms with Crippen LogP contribution in [0.25, 0.3) is 0 Å². The summed E-state index contributed by atoms with van der Waals surface area (Å²) < 4.78 is 0. The van der Waals surface area contributed by atoms with Crippen LogP contribution in [0, 0.1) is 0 Å². The molecule has 0 amide bonds. The third kappa shape index (κ3) is 4.91. The molecule has 1 aromatic heterocycles. The maximum Gasteiger partial charge on any atom is 0.0919 e. The van der Waals surface area contributed by atoms with E-state index in [1.54, 1.807) is 18.7 Å². The summed E-state index contributed by atoms with van der Waals surface area (Å²) in [5.74, 6) is 0. The number of imidazole rings is 1. The molecule has 0 unspecified atom stereocenters. The highest BCUT2D eigenvalue weighted by Crippen LogP contribution is 2.00. The third-order valence-corrected chi connectivity index (χ3v) is 1.86. The predicted octanol–water partition coefficient (Wildman–Crippen LogP) is 1.56. The fourth-order valence-corrected chi connectivity index (χ4v) is 1.19. The van der Waals surface area contributed by atoms with Gasteiger partial charge in [0.1, 0.15) is 0 Å². The first-order valence-corrected chi connectivity index (χ1v) is 4.63. The lowest BCUT2D eigenvalue weighted by Crippen LogP contribution is -2.12. The van der Waals surface area contributed by atoms with Gasteiger partial charge in [-0.3, -0.25) is 0 Å². The highest BCUT2D eigenvalue weighted by Gasteiger charge is 1.94. The number of nitrogens with zero attached hydrogens (tertiary/aromatic N) is 1. The summed E-state index contributed by atoms with van der Waals surface area (Å²) in [4.78, 5) is 6.42. The molecule has 12 heavy (non-hydrogen) atoms. The summed E-state index contributed by atoms with van der Waals surface area (Å²) in [5.41, 5.74) is 0. The Morgan fingerprint density at radius 1 is 1.00 bits per heavy atom. The van der Waals surface area contributed by atoms with Crippen LogP contribution in [0.1, 0.15) is 25.7 Å². The van der Waals surface area contributed by atoms with Crippen molar-refractivity contribution < 1.29 is 0 Å². The molecule has 0 aromatic carbocycles. The topological polar surface area (TPSA) is 40.7 Å². The van der Waals surface area contributed by atoms with Crippen molar-refractivity contribution in [2.24, 2.45) is 0 Å². The maximum absolute atomic E-state index is 3.67. The number of aromatic nitrogens is 2. The molecule has 0 bridgehead atoms. The average molecular weight is 167 g/mol. The average Bonchev–Trinajstić information content (AvgIpc) is 2.54. The molecule has 0 atom stereocenters. The number of hydrogen-bond acceptors (Lipinski definition) is 2. The molecule has 3 nitrogen and oxygen atoms in total. The lowest BCUT2D eigenvalue weighted by molar-refractivity contribution is 0.702. The van der Waals surface area contributed by atoms with Crippen molar-refractivity contribution in [1.29, 1.82) is 0 Å². The summed E-state index contributed by atoms with van der Waals surface area (Å²) in [6.45, 7) is 2.50. The van der Waals surface area contributed by atoms with Crippen LogP contribution in [-0.2, 0) is 0 Å². The molecule has 3 heteroatoms. The molecule has 1 aromatic rings. The predicted molar refractivity (Wildman–Crippen MR) is 49.9 cm³/mol. The second-order valence-electron chi connectivity index (χ2n) is 2.92. The molecule has 1 aliphatic heterocycles. The molecule has 1 fully saturated rings. The molecule has 0 saturated carbocycles. The molecule has 68 valence electrons. The summed E-state index contributed by atoms with van der Waals surface area (Å²) in [6.07, 6.45) is 10.7. The van der Waals surface area contributed by atoms with E-state index in [4.69, 9.17) is 0 Å². The Morgan fingerprint density at radius 2 is 1.75 bits per heavy atom. The van der Waals surface area contributed by atoms with Gasteiger partial charge in [0.15, 0.2) is 0 Å². The Kier molecular flexibility index (Phi) is 5.29. The molecule has 0 radical (unpaired) electrons. The Labute approximate surface area is 73.6 Å². The lowest BCUT2D eigenvalue weighted by atomic mass is 10.2. The van der Waals surface area contributed by atoms with Gasteiger partial charge in [-0.25, -0.2) is 4.98 Å². The van der Waals surface area contributed by atoms with Crippen LogP contribution in [0.5, 0.6) is 0 Å². The first-order chi connectivity index (χ1) is 6.00. The largest absolute Gasteiger partial charge is 0.351 e. The summed E-state index contributed by atoms with van der Waals surface area (Å²) in [6, 6.07) is 0. The molecule has 0 spiro atoms. The van der Waals surface area contributed by atoms with Crippen molar-refractivity contribution in [3.8, 4) is 0 Å². The van der Waals surface area contributed by atoms with Gasteiger partial charge in [0.25, 0.3) is 0 Å². The van der Waals surface area contributed by atoms with Gasteiger partial charge in [-0.15, -0.1) is 0 Å². The van der Waals surface area contributed by atoms with Crippen molar-refractivity contribution in [3.05, 3.63) is 18.7 Å². The highest BCUT2D eigenvalue weighted by molar-refractivity contribution is 4.64. The molecule has 2 heterocycles. The Balaban J connectivity index is 0.000000127. The standard InChI is InChI=1S/C6H13N.C3H4N2/c1-2-4-6-7-5-3-1;1-2-5-3-4-1/h7H,1-6H2;1-3H,(H,4,5). The van der Waals surface area contributed by atoms with E-state index in [1.165, 1.54) is 38.8 Å². The molecule has 2 rings (SSSR count). The van der Waals surface area contributed by atoms with E-state index in [0.717, 1.165) is 0 Å². The van der Waals surface area contributed by atoms with Gasteiger partial charge in [-0.2, -0.15) is 0 Å². The Morgan fingerprint density at radius 3 is 2.17 bits per heavy atom. The Hall–Kier alpha value is -0.830. The fraction of sp³-hybridized carbons (Fsp3) is 0.667. The van der Waals surface area contributed by atoms with Crippen LogP contribution in [0.2, 0.25) is 0 Å². The van der Waals surface area contributed by atoms with Crippen LogP contribution in [-0.4, -0.2) is 23.1 Å². The smallest absolute Gasteiger partial charge is 0.0919 e. The van der Waals surface area contributed by atoms with E-state index in [2.05, 4.69) is 15.3 Å². The van der Waals surface area contributed by atoms with Crippen LogP contribution >= 0.6 is 0 Å². The van der Waals surface area contributed by atoms with Gasteiger partial charge in [0.2, 0.25) is 0 Å². The SMILES string of the molecule is C1CCCNCC1.c1c[nH]cn1. The monoisotopic (exact) mass is 167 g/mol. The van der Waals surface area contributed by atoms with Crippen molar-refractivity contribution in [2.45, 2.75) is 25.7 Å². The summed E-state index contributed by atoms with van der Waals surface area (Å²) in [7, 11) is 0. The normalized spacial score (nSPS) is 17.3. The molecular formula is C9H17N3. The highest BCUT2D eigenvalue weighted by atomic mass is 14.8. The van der Waals surface area contributed by atoms with Gasteiger partial charge in [0, 0.05) is 12.4 Å². The number of hydrogen-bond donors (Lipinski definition) is 2. The van der Waals surface area contributed by atoms with Gasteiger partial charge >= 0.3 is 0 Å². The zero-order chi connectivity index (χ0) is 8.49. The van der Waals surface area contributed by atoms with E-state index < -0.39 is 0 Å². The number of rotatable bonds is 0. The van der Waals surface area contributed by atoms with Crippen molar-refractivity contribution in [2.75, 3.05) is 13.1 Å². The number of nitrogens with one attached hydrogen (secondary N) is 2. The van der Waals surface area contributed by atoms with Crippen molar-refractivity contribution in [1.82, 2.24) is 15.3 Å².